The minimum Gasteiger partial charge on any atom is -0.389 e. The quantitative estimate of drug-likeness (QED) is 0.684. The molecule has 1 fully saturated rings. The third kappa shape index (κ3) is 2.96. The van der Waals surface area contributed by atoms with E-state index in [1.165, 1.54) is 12.8 Å². The van der Waals surface area contributed by atoms with Crippen LogP contribution in [0.25, 0.3) is 0 Å². The molecule has 0 spiro atoms. The van der Waals surface area contributed by atoms with Gasteiger partial charge >= 0.3 is 0 Å². The van der Waals surface area contributed by atoms with Crippen LogP contribution in [0.15, 0.2) is 0 Å². The molecule has 0 saturated heterocycles. The topological polar surface area (TPSA) is 32.3 Å². The molecule has 0 aromatic rings. The molecule has 1 aliphatic rings. The van der Waals surface area contributed by atoms with Gasteiger partial charge in [0.15, 0.2) is 0 Å². The minimum atomic E-state index is -0.555. The van der Waals surface area contributed by atoms with E-state index in [2.05, 4.69) is 26.1 Å². The molecule has 0 radical (unpaired) electrons. The zero-order valence-corrected chi connectivity index (χ0v) is 9.30. The van der Waals surface area contributed by atoms with Gasteiger partial charge < -0.3 is 10.4 Å². The fourth-order valence-corrected chi connectivity index (χ4v) is 1.49. The standard InChI is InChI=1S/C11H23NO/c1-5-9-6-10(9)12-7-11(4,13)8(2)3/h8-10,12-13H,5-7H2,1-4H3. The van der Waals surface area contributed by atoms with Crippen molar-refractivity contribution in [2.24, 2.45) is 11.8 Å². The summed E-state index contributed by atoms with van der Waals surface area (Å²) in [5.74, 6) is 1.18. The van der Waals surface area contributed by atoms with E-state index in [1.54, 1.807) is 0 Å². The van der Waals surface area contributed by atoms with Crippen LogP contribution in [0, 0.1) is 11.8 Å². The first-order chi connectivity index (χ1) is 5.97. The molecule has 2 nitrogen and oxygen atoms in total. The fourth-order valence-electron chi connectivity index (χ4n) is 1.49. The van der Waals surface area contributed by atoms with E-state index in [-0.39, 0.29) is 0 Å². The number of hydrogen-bond donors (Lipinski definition) is 2. The molecular weight excluding hydrogens is 162 g/mol. The van der Waals surface area contributed by atoms with Gasteiger partial charge in [0.1, 0.15) is 0 Å². The Labute approximate surface area is 81.7 Å². The first kappa shape index (κ1) is 11.0. The van der Waals surface area contributed by atoms with Gasteiger partial charge in [-0.1, -0.05) is 27.2 Å². The maximum atomic E-state index is 9.96. The molecule has 2 N–H and O–H groups in total. The lowest BCUT2D eigenvalue weighted by Crippen LogP contribution is -2.43. The molecule has 1 aliphatic carbocycles. The molecule has 3 atom stereocenters. The Hall–Kier alpha value is -0.0800. The second kappa shape index (κ2) is 3.97. The number of rotatable bonds is 5. The second-order valence-electron chi connectivity index (χ2n) is 4.90. The van der Waals surface area contributed by atoms with Crippen LogP contribution in [-0.2, 0) is 0 Å². The predicted molar refractivity (Wildman–Crippen MR) is 55.7 cm³/mol. The molecular formula is C11H23NO. The fraction of sp³-hybridized carbons (Fsp3) is 1.00. The molecule has 0 aromatic heterocycles. The van der Waals surface area contributed by atoms with E-state index in [0.29, 0.717) is 12.0 Å². The molecule has 1 rings (SSSR count). The number of hydrogen-bond acceptors (Lipinski definition) is 2. The molecule has 2 heteroatoms. The van der Waals surface area contributed by atoms with Crippen molar-refractivity contribution < 1.29 is 5.11 Å². The molecule has 0 heterocycles. The lowest BCUT2D eigenvalue weighted by molar-refractivity contribution is 0.0136. The van der Waals surface area contributed by atoms with Crippen LogP contribution in [0.5, 0.6) is 0 Å². The van der Waals surface area contributed by atoms with Crippen molar-refractivity contribution in [3.05, 3.63) is 0 Å². The Morgan fingerprint density at radius 1 is 1.54 bits per heavy atom. The molecule has 3 unspecified atom stereocenters. The summed E-state index contributed by atoms with van der Waals surface area (Å²) < 4.78 is 0. The molecule has 78 valence electrons. The van der Waals surface area contributed by atoms with Crippen LogP contribution in [0.3, 0.4) is 0 Å². The highest BCUT2D eigenvalue weighted by Crippen LogP contribution is 2.33. The van der Waals surface area contributed by atoms with Gasteiger partial charge in [-0.25, -0.2) is 0 Å². The summed E-state index contributed by atoms with van der Waals surface area (Å²) >= 11 is 0. The first-order valence-electron chi connectivity index (χ1n) is 5.43. The van der Waals surface area contributed by atoms with Crippen LogP contribution in [0.1, 0.15) is 40.5 Å². The van der Waals surface area contributed by atoms with Crippen molar-refractivity contribution in [3.8, 4) is 0 Å². The van der Waals surface area contributed by atoms with Gasteiger partial charge in [-0.05, 0) is 25.2 Å². The highest BCUT2D eigenvalue weighted by Gasteiger charge is 2.36. The Balaban J connectivity index is 2.19. The van der Waals surface area contributed by atoms with Crippen LogP contribution >= 0.6 is 0 Å². The molecule has 1 saturated carbocycles. The van der Waals surface area contributed by atoms with E-state index >= 15 is 0 Å². The molecule has 13 heavy (non-hydrogen) atoms. The van der Waals surface area contributed by atoms with Crippen molar-refractivity contribution in [2.75, 3.05) is 6.54 Å². The third-order valence-electron chi connectivity index (χ3n) is 3.41. The van der Waals surface area contributed by atoms with Crippen molar-refractivity contribution in [1.82, 2.24) is 5.32 Å². The van der Waals surface area contributed by atoms with Crippen molar-refractivity contribution in [2.45, 2.75) is 52.2 Å². The van der Waals surface area contributed by atoms with Gasteiger partial charge in [0, 0.05) is 12.6 Å². The van der Waals surface area contributed by atoms with E-state index < -0.39 is 5.60 Å². The van der Waals surface area contributed by atoms with Gasteiger partial charge in [0.05, 0.1) is 5.60 Å². The smallest absolute Gasteiger partial charge is 0.0766 e. The zero-order valence-electron chi connectivity index (χ0n) is 9.30. The average molecular weight is 185 g/mol. The van der Waals surface area contributed by atoms with Gasteiger partial charge in [0.25, 0.3) is 0 Å². The van der Waals surface area contributed by atoms with Gasteiger partial charge in [-0.2, -0.15) is 0 Å². The predicted octanol–water partition coefficient (Wildman–Crippen LogP) is 1.78. The van der Waals surface area contributed by atoms with E-state index in [9.17, 15) is 5.11 Å². The summed E-state index contributed by atoms with van der Waals surface area (Å²) in [5.41, 5.74) is -0.555. The third-order valence-corrected chi connectivity index (χ3v) is 3.41. The molecule has 0 amide bonds. The summed E-state index contributed by atoms with van der Waals surface area (Å²) in [5, 5.41) is 13.4. The number of nitrogens with one attached hydrogen (secondary N) is 1. The van der Waals surface area contributed by atoms with Crippen molar-refractivity contribution in [3.63, 3.8) is 0 Å². The van der Waals surface area contributed by atoms with E-state index in [1.807, 2.05) is 6.92 Å². The SMILES string of the molecule is CCC1CC1NCC(C)(O)C(C)C. The summed E-state index contributed by atoms with van der Waals surface area (Å²) in [6.45, 7) is 8.99. The molecule has 0 aromatic carbocycles. The largest absolute Gasteiger partial charge is 0.389 e. The van der Waals surface area contributed by atoms with Crippen LogP contribution < -0.4 is 5.32 Å². The second-order valence-corrected chi connectivity index (χ2v) is 4.90. The summed E-state index contributed by atoms with van der Waals surface area (Å²) in [7, 11) is 0. The van der Waals surface area contributed by atoms with Gasteiger partial charge in [0.2, 0.25) is 0 Å². The lowest BCUT2D eigenvalue weighted by atomic mass is 9.92. The van der Waals surface area contributed by atoms with Crippen molar-refractivity contribution in [1.29, 1.82) is 0 Å². The van der Waals surface area contributed by atoms with Crippen LogP contribution in [-0.4, -0.2) is 23.3 Å². The minimum absolute atomic E-state index is 0.318. The Morgan fingerprint density at radius 2 is 2.15 bits per heavy atom. The summed E-state index contributed by atoms with van der Waals surface area (Å²) in [6, 6.07) is 0.676. The van der Waals surface area contributed by atoms with Crippen LogP contribution in [0.4, 0.5) is 0 Å². The van der Waals surface area contributed by atoms with E-state index in [4.69, 9.17) is 0 Å². The Morgan fingerprint density at radius 3 is 2.54 bits per heavy atom. The van der Waals surface area contributed by atoms with Gasteiger partial charge in [-0.3, -0.25) is 0 Å². The maximum Gasteiger partial charge on any atom is 0.0766 e. The van der Waals surface area contributed by atoms with Crippen molar-refractivity contribution >= 4 is 0 Å². The molecule has 0 bridgehead atoms. The lowest BCUT2D eigenvalue weighted by Gasteiger charge is -2.28. The Bertz CT molecular complexity index is 165. The summed E-state index contributed by atoms with van der Waals surface area (Å²) in [4.78, 5) is 0. The molecule has 0 aliphatic heterocycles. The Kier molecular flexibility index (Phi) is 3.36. The van der Waals surface area contributed by atoms with Gasteiger partial charge in [-0.15, -0.1) is 0 Å². The zero-order chi connectivity index (χ0) is 10.1. The van der Waals surface area contributed by atoms with E-state index in [0.717, 1.165) is 12.5 Å². The maximum absolute atomic E-state index is 9.96. The average Bonchev–Trinajstić information content (AvgIpc) is 2.79. The number of aliphatic hydroxyl groups is 1. The highest BCUT2D eigenvalue weighted by molar-refractivity contribution is 4.94. The highest BCUT2D eigenvalue weighted by atomic mass is 16.3. The van der Waals surface area contributed by atoms with Crippen LogP contribution in [0.2, 0.25) is 0 Å². The first-order valence-corrected chi connectivity index (χ1v) is 5.43. The summed E-state index contributed by atoms with van der Waals surface area (Å²) in [6.07, 6.45) is 2.56. The normalized spacial score (nSPS) is 31.8. The monoisotopic (exact) mass is 185 g/mol.